The van der Waals surface area contributed by atoms with Crippen molar-refractivity contribution in [2.24, 2.45) is 0 Å². The van der Waals surface area contributed by atoms with E-state index >= 15 is 0 Å². The highest BCUT2D eigenvalue weighted by Gasteiger charge is 2.22. The van der Waals surface area contributed by atoms with Crippen molar-refractivity contribution >= 4 is 21.9 Å². The molecule has 4 nitrogen and oxygen atoms in total. The van der Waals surface area contributed by atoms with E-state index in [0.717, 1.165) is 16.4 Å². The molecule has 1 heterocycles. The fraction of sp³-hybridized carbons (Fsp3) is 0.294. The van der Waals surface area contributed by atoms with Crippen LogP contribution in [0.2, 0.25) is 0 Å². The second kappa shape index (κ2) is 5.85. The Bertz CT molecular complexity index is 750. The smallest absolute Gasteiger partial charge is 0.141 e. The van der Waals surface area contributed by atoms with Crippen molar-refractivity contribution in [2.45, 2.75) is 18.6 Å². The standard InChI is InChI=1S/C17H19NO3/c1-18-10-9-14(19)16(20)13-7-4-6-12-11-5-2-3-8-15(11)21-17(12)13/h2-8,14,16,18-20H,9-10H2,1H3. The van der Waals surface area contributed by atoms with E-state index in [1.165, 1.54) is 0 Å². The number of furan rings is 1. The fourth-order valence-corrected chi connectivity index (χ4v) is 2.66. The van der Waals surface area contributed by atoms with E-state index in [0.29, 0.717) is 24.1 Å². The van der Waals surface area contributed by atoms with Crippen LogP contribution < -0.4 is 5.32 Å². The Morgan fingerprint density at radius 3 is 2.62 bits per heavy atom. The van der Waals surface area contributed by atoms with E-state index in [2.05, 4.69) is 5.32 Å². The molecule has 2 unspecified atom stereocenters. The van der Waals surface area contributed by atoms with Gasteiger partial charge in [0, 0.05) is 16.3 Å². The van der Waals surface area contributed by atoms with E-state index < -0.39 is 12.2 Å². The van der Waals surface area contributed by atoms with Crippen LogP contribution in [-0.2, 0) is 0 Å². The molecule has 0 amide bonds. The largest absolute Gasteiger partial charge is 0.456 e. The third-order valence-corrected chi connectivity index (χ3v) is 3.81. The number of hydrogen-bond donors (Lipinski definition) is 3. The first-order chi connectivity index (χ1) is 10.2. The Hall–Kier alpha value is -1.88. The summed E-state index contributed by atoms with van der Waals surface area (Å²) >= 11 is 0. The molecular formula is C17H19NO3. The van der Waals surface area contributed by atoms with Crippen molar-refractivity contribution < 1.29 is 14.6 Å². The zero-order valence-corrected chi connectivity index (χ0v) is 11.9. The van der Waals surface area contributed by atoms with Crippen LogP contribution in [0, 0.1) is 0 Å². The summed E-state index contributed by atoms with van der Waals surface area (Å²) in [7, 11) is 1.82. The minimum absolute atomic E-state index is 0.480. The molecule has 0 fully saturated rings. The van der Waals surface area contributed by atoms with Crippen LogP contribution in [-0.4, -0.2) is 29.9 Å². The summed E-state index contributed by atoms with van der Waals surface area (Å²) in [4.78, 5) is 0. The number of aliphatic hydroxyl groups is 2. The highest BCUT2D eigenvalue weighted by atomic mass is 16.3. The second-order valence-corrected chi connectivity index (χ2v) is 5.23. The molecule has 0 aliphatic rings. The molecule has 3 rings (SSSR count). The van der Waals surface area contributed by atoms with Gasteiger partial charge in [-0.2, -0.15) is 0 Å². The fourth-order valence-electron chi connectivity index (χ4n) is 2.66. The van der Waals surface area contributed by atoms with Crippen molar-refractivity contribution in [1.29, 1.82) is 0 Å². The molecule has 0 aliphatic heterocycles. The summed E-state index contributed by atoms with van der Waals surface area (Å²) in [5.74, 6) is 0. The minimum Gasteiger partial charge on any atom is -0.456 e. The number of rotatable bonds is 5. The van der Waals surface area contributed by atoms with Crippen LogP contribution in [0.3, 0.4) is 0 Å². The van der Waals surface area contributed by atoms with Gasteiger partial charge in [-0.15, -0.1) is 0 Å². The lowest BCUT2D eigenvalue weighted by molar-refractivity contribution is 0.0144. The van der Waals surface area contributed by atoms with Gasteiger partial charge < -0.3 is 19.9 Å². The first-order valence-corrected chi connectivity index (χ1v) is 7.13. The molecule has 0 radical (unpaired) electrons. The zero-order valence-electron chi connectivity index (χ0n) is 11.9. The lowest BCUT2D eigenvalue weighted by Gasteiger charge is -2.18. The van der Waals surface area contributed by atoms with Crippen LogP contribution in [0.1, 0.15) is 18.1 Å². The molecule has 21 heavy (non-hydrogen) atoms. The van der Waals surface area contributed by atoms with Gasteiger partial charge in [-0.3, -0.25) is 0 Å². The van der Waals surface area contributed by atoms with Crippen molar-refractivity contribution in [2.75, 3.05) is 13.6 Å². The highest BCUT2D eigenvalue weighted by Crippen LogP contribution is 2.34. The zero-order chi connectivity index (χ0) is 14.8. The van der Waals surface area contributed by atoms with Crippen LogP contribution in [0.15, 0.2) is 46.9 Å². The number of para-hydroxylation sites is 2. The Morgan fingerprint density at radius 2 is 1.81 bits per heavy atom. The van der Waals surface area contributed by atoms with Gasteiger partial charge in [-0.1, -0.05) is 36.4 Å². The quantitative estimate of drug-likeness (QED) is 0.674. The van der Waals surface area contributed by atoms with E-state index in [9.17, 15) is 10.2 Å². The second-order valence-electron chi connectivity index (χ2n) is 5.23. The topological polar surface area (TPSA) is 65.6 Å². The number of benzene rings is 2. The van der Waals surface area contributed by atoms with Gasteiger partial charge in [-0.05, 0) is 26.1 Å². The third kappa shape index (κ3) is 2.53. The average Bonchev–Trinajstić information content (AvgIpc) is 2.90. The van der Waals surface area contributed by atoms with Crippen molar-refractivity contribution in [3.63, 3.8) is 0 Å². The lowest BCUT2D eigenvalue weighted by atomic mass is 9.99. The van der Waals surface area contributed by atoms with Gasteiger partial charge in [0.25, 0.3) is 0 Å². The summed E-state index contributed by atoms with van der Waals surface area (Å²) in [6.07, 6.45) is -1.30. The van der Waals surface area contributed by atoms with Gasteiger partial charge in [0.05, 0.1) is 6.10 Å². The molecule has 0 saturated heterocycles. The molecule has 0 saturated carbocycles. The Kier molecular flexibility index (Phi) is 3.92. The van der Waals surface area contributed by atoms with Crippen LogP contribution in [0.5, 0.6) is 0 Å². The first kappa shape index (κ1) is 14.1. The molecule has 4 heteroatoms. The normalized spacial score (nSPS) is 14.6. The number of fused-ring (bicyclic) bond motifs is 3. The van der Waals surface area contributed by atoms with Crippen molar-refractivity contribution in [3.8, 4) is 0 Å². The minimum atomic E-state index is -0.956. The van der Waals surface area contributed by atoms with E-state index in [-0.39, 0.29) is 0 Å². The summed E-state index contributed by atoms with van der Waals surface area (Å²) in [5.41, 5.74) is 2.07. The number of nitrogens with one attached hydrogen (secondary N) is 1. The maximum atomic E-state index is 10.4. The maximum absolute atomic E-state index is 10.4. The maximum Gasteiger partial charge on any atom is 0.141 e. The van der Waals surface area contributed by atoms with Gasteiger partial charge >= 0.3 is 0 Å². The summed E-state index contributed by atoms with van der Waals surface area (Å²) in [6.45, 7) is 0.647. The SMILES string of the molecule is CNCCC(O)C(O)c1cccc2c1oc1ccccc12. The molecule has 110 valence electrons. The highest BCUT2D eigenvalue weighted by molar-refractivity contribution is 6.05. The van der Waals surface area contributed by atoms with Crippen molar-refractivity contribution in [1.82, 2.24) is 5.32 Å². The van der Waals surface area contributed by atoms with Crippen LogP contribution in [0.4, 0.5) is 0 Å². The molecule has 0 spiro atoms. The van der Waals surface area contributed by atoms with Gasteiger partial charge in [0.15, 0.2) is 0 Å². The van der Waals surface area contributed by atoms with Gasteiger partial charge in [0.1, 0.15) is 17.3 Å². The third-order valence-electron chi connectivity index (χ3n) is 3.81. The predicted octanol–water partition coefficient (Wildman–Crippen LogP) is 2.59. The molecular weight excluding hydrogens is 266 g/mol. The molecule has 2 aromatic carbocycles. The predicted molar refractivity (Wildman–Crippen MR) is 83.2 cm³/mol. The average molecular weight is 285 g/mol. The molecule has 0 aliphatic carbocycles. The van der Waals surface area contributed by atoms with E-state index in [1.54, 1.807) is 6.07 Å². The Labute approximate surface area is 123 Å². The van der Waals surface area contributed by atoms with Crippen molar-refractivity contribution in [3.05, 3.63) is 48.0 Å². The molecule has 0 bridgehead atoms. The van der Waals surface area contributed by atoms with Crippen LogP contribution >= 0.6 is 0 Å². The Morgan fingerprint density at radius 1 is 1.05 bits per heavy atom. The molecule has 3 N–H and O–H groups in total. The molecule has 2 atom stereocenters. The number of aliphatic hydroxyl groups excluding tert-OH is 2. The summed E-state index contributed by atoms with van der Waals surface area (Å²) < 4.78 is 5.87. The van der Waals surface area contributed by atoms with Crippen LogP contribution in [0.25, 0.3) is 21.9 Å². The lowest BCUT2D eigenvalue weighted by Crippen LogP contribution is -2.23. The molecule has 1 aromatic heterocycles. The summed E-state index contributed by atoms with van der Waals surface area (Å²) in [6, 6.07) is 13.4. The van der Waals surface area contributed by atoms with E-state index in [4.69, 9.17) is 4.42 Å². The van der Waals surface area contributed by atoms with Gasteiger partial charge in [0.2, 0.25) is 0 Å². The van der Waals surface area contributed by atoms with Gasteiger partial charge in [-0.25, -0.2) is 0 Å². The monoisotopic (exact) mass is 285 g/mol. The Balaban J connectivity index is 2.06. The number of hydrogen-bond acceptors (Lipinski definition) is 4. The first-order valence-electron chi connectivity index (χ1n) is 7.13. The summed E-state index contributed by atoms with van der Waals surface area (Å²) in [5, 5.41) is 25.5. The molecule has 3 aromatic rings. The van der Waals surface area contributed by atoms with E-state index in [1.807, 2.05) is 43.4 Å².